The summed E-state index contributed by atoms with van der Waals surface area (Å²) in [5.41, 5.74) is 1.16. The highest BCUT2D eigenvalue weighted by atomic mass is 16.3. The van der Waals surface area contributed by atoms with Crippen LogP contribution in [0.1, 0.15) is 44.1 Å². The Morgan fingerprint density at radius 1 is 1.36 bits per heavy atom. The highest BCUT2D eigenvalue weighted by Crippen LogP contribution is 2.30. The third-order valence-corrected chi connectivity index (χ3v) is 4.63. The zero-order valence-electron chi connectivity index (χ0n) is 13.7. The summed E-state index contributed by atoms with van der Waals surface area (Å²) in [6.45, 7) is 9.21. The van der Waals surface area contributed by atoms with Gasteiger partial charge in [0.15, 0.2) is 0 Å². The molecule has 1 aliphatic carbocycles. The average molecular weight is 305 g/mol. The summed E-state index contributed by atoms with van der Waals surface area (Å²) in [6.07, 6.45) is 4.81. The molecule has 2 aliphatic rings. The Labute approximate surface area is 132 Å². The lowest BCUT2D eigenvalue weighted by Gasteiger charge is -2.36. The molecule has 2 amide bonds. The first-order valence-corrected chi connectivity index (χ1v) is 8.47. The maximum Gasteiger partial charge on any atom is 0.317 e. The number of carbonyl (C=O) groups excluding carboxylic acids is 1. The summed E-state index contributed by atoms with van der Waals surface area (Å²) in [7, 11) is 0. The summed E-state index contributed by atoms with van der Waals surface area (Å²) in [5.74, 6) is 1.72. The Hall–Kier alpha value is -1.49. The molecule has 2 heterocycles. The molecule has 122 valence electrons. The smallest absolute Gasteiger partial charge is 0.317 e. The van der Waals surface area contributed by atoms with Crippen LogP contribution in [-0.4, -0.2) is 48.6 Å². The molecule has 1 unspecified atom stereocenters. The number of amides is 2. The van der Waals surface area contributed by atoms with E-state index in [9.17, 15) is 4.79 Å². The molecule has 1 saturated heterocycles. The molecule has 5 heteroatoms. The van der Waals surface area contributed by atoms with Crippen LogP contribution in [0.2, 0.25) is 0 Å². The minimum atomic E-state index is 0.0725. The number of aryl methyl sites for hydroxylation is 1. The fourth-order valence-electron chi connectivity index (χ4n) is 3.53. The Bertz CT molecular complexity index is 504. The van der Waals surface area contributed by atoms with Crippen molar-refractivity contribution in [2.45, 2.75) is 39.2 Å². The highest BCUT2D eigenvalue weighted by molar-refractivity contribution is 5.75. The monoisotopic (exact) mass is 305 g/mol. The lowest BCUT2D eigenvalue weighted by Crippen LogP contribution is -2.52. The molecule has 1 atom stereocenters. The minimum Gasteiger partial charge on any atom is -0.469 e. The molecule has 1 aliphatic heterocycles. The number of fused-ring (bicyclic) bond motifs is 1. The van der Waals surface area contributed by atoms with E-state index in [0.717, 1.165) is 63.3 Å². The summed E-state index contributed by atoms with van der Waals surface area (Å²) >= 11 is 0. The van der Waals surface area contributed by atoms with Crippen LogP contribution in [0.25, 0.3) is 0 Å². The van der Waals surface area contributed by atoms with E-state index in [1.165, 1.54) is 0 Å². The fraction of sp³-hybridized carbons (Fsp3) is 0.706. The Morgan fingerprint density at radius 3 is 2.86 bits per heavy atom. The number of urea groups is 1. The number of carbonyl (C=O) groups is 1. The molecular weight excluding hydrogens is 278 g/mol. The zero-order valence-corrected chi connectivity index (χ0v) is 13.7. The van der Waals surface area contributed by atoms with Gasteiger partial charge in [-0.15, -0.1) is 0 Å². The lowest BCUT2D eigenvalue weighted by molar-refractivity contribution is 0.129. The number of hydrogen-bond donors (Lipinski definition) is 1. The molecule has 1 N–H and O–H groups in total. The van der Waals surface area contributed by atoms with Crippen molar-refractivity contribution in [1.82, 2.24) is 15.1 Å². The molecule has 0 radical (unpaired) electrons. The van der Waals surface area contributed by atoms with Gasteiger partial charge in [0.1, 0.15) is 5.76 Å². The van der Waals surface area contributed by atoms with Crippen molar-refractivity contribution in [1.29, 1.82) is 0 Å². The predicted octanol–water partition coefficient (Wildman–Crippen LogP) is 2.64. The van der Waals surface area contributed by atoms with Crippen LogP contribution in [0.5, 0.6) is 0 Å². The standard InChI is InChI=1S/C17H27N3O2/c1-13(2)12-19-7-9-20(10-8-19)17(21)18-15-4-3-5-16-14(15)6-11-22-16/h6,11,13,15H,3-5,7-10,12H2,1-2H3,(H,18,21). The SMILES string of the molecule is CC(C)CN1CCN(C(=O)NC2CCCc3occc32)CC1. The zero-order chi connectivity index (χ0) is 15.5. The second-order valence-corrected chi connectivity index (χ2v) is 6.87. The molecule has 1 aromatic rings. The minimum absolute atomic E-state index is 0.0725. The van der Waals surface area contributed by atoms with Crippen molar-refractivity contribution in [3.63, 3.8) is 0 Å². The second kappa shape index (κ2) is 6.73. The first-order valence-electron chi connectivity index (χ1n) is 8.47. The summed E-state index contributed by atoms with van der Waals surface area (Å²) in [5, 5.41) is 3.19. The lowest BCUT2D eigenvalue weighted by atomic mass is 9.93. The normalized spacial score (nSPS) is 22.7. The molecule has 3 rings (SSSR count). The molecule has 0 saturated carbocycles. The van der Waals surface area contributed by atoms with Gasteiger partial charge in [-0.2, -0.15) is 0 Å². The van der Waals surface area contributed by atoms with Crippen LogP contribution in [0.3, 0.4) is 0 Å². The number of nitrogens with one attached hydrogen (secondary N) is 1. The Morgan fingerprint density at radius 2 is 2.14 bits per heavy atom. The number of piperazine rings is 1. The van der Waals surface area contributed by atoms with Gasteiger partial charge in [-0.25, -0.2) is 4.79 Å². The van der Waals surface area contributed by atoms with E-state index in [2.05, 4.69) is 24.1 Å². The van der Waals surface area contributed by atoms with Crippen LogP contribution in [-0.2, 0) is 6.42 Å². The fourth-order valence-corrected chi connectivity index (χ4v) is 3.53. The first kappa shape index (κ1) is 15.4. The third kappa shape index (κ3) is 3.46. The van der Waals surface area contributed by atoms with Crippen LogP contribution in [0, 0.1) is 5.92 Å². The van der Waals surface area contributed by atoms with E-state index in [4.69, 9.17) is 4.42 Å². The summed E-state index contributed by atoms with van der Waals surface area (Å²) < 4.78 is 5.49. The quantitative estimate of drug-likeness (QED) is 0.934. The number of furan rings is 1. The van der Waals surface area contributed by atoms with Crippen LogP contribution >= 0.6 is 0 Å². The van der Waals surface area contributed by atoms with Gasteiger partial charge in [-0.3, -0.25) is 4.90 Å². The van der Waals surface area contributed by atoms with Crippen molar-refractivity contribution in [3.8, 4) is 0 Å². The number of hydrogen-bond acceptors (Lipinski definition) is 3. The maximum atomic E-state index is 12.5. The van der Waals surface area contributed by atoms with Gasteiger partial charge < -0.3 is 14.6 Å². The second-order valence-electron chi connectivity index (χ2n) is 6.87. The third-order valence-electron chi connectivity index (χ3n) is 4.63. The van der Waals surface area contributed by atoms with Gasteiger partial charge in [-0.05, 0) is 24.8 Å². The largest absolute Gasteiger partial charge is 0.469 e. The molecule has 5 nitrogen and oxygen atoms in total. The van der Waals surface area contributed by atoms with Crippen LogP contribution in [0.15, 0.2) is 16.7 Å². The average Bonchev–Trinajstić information content (AvgIpc) is 2.97. The van der Waals surface area contributed by atoms with E-state index in [1.807, 2.05) is 11.0 Å². The van der Waals surface area contributed by atoms with Gasteiger partial charge >= 0.3 is 6.03 Å². The van der Waals surface area contributed by atoms with E-state index in [1.54, 1.807) is 6.26 Å². The number of nitrogens with zero attached hydrogens (tertiary/aromatic N) is 2. The molecule has 0 aromatic carbocycles. The number of rotatable bonds is 3. The molecule has 22 heavy (non-hydrogen) atoms. The highest BCUT2D eigenvalue weighted by Gasteiger charge is 2.27. The van der Waals surface area contributed by atoms with Crippen LogP contribution in [0.4, 0.5) is 4.79 Å². The first-order chi connectivity index (χ1) is 10.6. The molecular formula is C17H27N3O2. The van der Waals surface area contributed by atoms with Gasteiger partial charge in [0.2, 0.25) is 0 Å². The predicted molar refractivity (Wildman–Crippen MR) is 85.8 cm³/mol. The summed E-state index contributed by atoms with van der Waals surface area (Å²) in [4.78, 5) is 16.9. The van der Waals surface area contributed by atoms with Crippen molar-refractivity contribution in [2.24, 2.45) is 5.92 Å². The maximum absolute atomic E-state index is 12.5. The molecule has 1 fully saturated rings. The van der Waals surface area contributed by atoms with E-state index < -0.39 is 0 Å². The van der Waals surface area contributed by atoms with Gasteiger partial charge in [0.25, 0.3) is 0 Å². The van der Waals surface area contributed by atoms with Gasteiger partial charge in [0.05, 0.1) is 12.3 Å². The Balaban J connectivity index is 1.52. The van der Waals surface area contributed by atoms with E-state index in [-0.39, 0.29) is 12.1 Å². The molecule has 1 aromatic heterocycles. The Kier molecular flexibility index (Phi) is 4.71. The van der Waals surface area contributed by atoms with E-state index in [0.29, 0.717) is 5.92 Å². The molecule has 0 spiro atoms. The topological polar surface area (TPSA) is 48.7 Å². The van der Waals surface area contributed by atoms with E-state index >= 15 is 0 Å². The summed E-state index contributed by atoms with van der Waals surface area (Å²) in [6, 6.07) is 2.19. The van der Waals surface area contributed by atoms with Gasteiger partial charge in [0, 0.05) is 44.7 Å². The van der Waals surface area contributed by atoms with Crippen molar-refractivity contribution in [2.75, 3.05) is 32.7 Å². The van der Waals surface area contributed by atoms with Crippen molar-refractivity contribution < 1.29 is 9.21 Å². The molecule has 0 bridgehead atoms. The van der Waals surface area contributed by atoms with Crippen molar-refractivity contribution >= 4 is 6.03 Å². The van der Waals surface area contributed by atoms with Crippen LogP contribution < -0.4 is 5.32 Å². The van der Waals surface area contributed by atoms with Crippen molar-refractivity contribution in [3.05, 3.63) is 23.7 Å². The van der Waals surface area contributed by atoms with Gasteiger partial charge in [-0.1, -0.05) is 13.8 Å².